The van der Waals surface area contributed by atoms with Gasteiger partial charge in [0.05, 0.1) is 12.4 Å². The van der Waals surface area contributed by atoms with Gasteiger partial charge >= 0.3 is 0 Å². The zero-order valence-corrected chi connectivity index (χ0v) is 13.4. The molecule has 1 aromatic carbocycles. The van der Waals surface area contributed by atoms with Gasteiger partial charge in [-0.2, -0.15) is 0 Å². The van der Waals surface area contributed by atoms with Gasteiger partial charge in [-0.1, -0.05) is 12.1 Å². The molecule has 2 aliphatic heterocycles. The van der Waals surface area contributed by atoms with Gasteiger partial charge in [0.25, 0.3) is 0 Å². The minimum atomic E-state index is -0.0160. The van der Waals surface area contributed by atoms with Crippen LogP contribution in [0.3, 0.4) is 0 Å². The van der Waals surface area contributed by atoms with Gasteiger partial charge in [0, 0.05) is 43.8 Å². The van der Waals surface area contributed by atoms with Crippen molar-refractivity contribution in [2.75, 3.05) is 13.1 Å². The summed E-state index contributed by atoms with van der Waals surface area (Å²) in [5.74, 6) is 0.300. The molecule has 0 saturated carbocycles. The fraction of sp³-hybridized carbons (Fsp3) is 0.444. The van der Waals surface area contributed by atoms with Gasteiger partial charge in [-0.25, -0.2) is 4.98 Å². The first-order valence-corrected chi connectivity index (χ1v) is 8.34. The second-order valence-electron chi connectivity index (χ2n) is 6.57. The van der Waals surface area contributed by atoms with Crippen molar-refractivity contribution in [3.05, 3.63) is 48.5 Å². The van der Waals surface area contributed by atoms with Crippen molar-refractivity contribution >= 4 is 5.91 Å². The first kappa shape index (κ1) is 14.5. The van der Waals surface area contributed by atoms with Gasteiger partial charge in [0.15, 0.2) is 0 Å². The molecule has 2 saturated heterocycles. The number of nitrogens with zero attached hydrogens (tertiary/aromatic N) is 4. The summed E-state index contributed by atoms with van der Waals surface area (Å²) in [4.78, 5) is 21.0. The highest BCUT2D eigenvalue weighted by Crippen LogP contribution is 2.26. The highest BCUT2D eigenvalue weighted by Gasteiger charge is 2.39. The molecule has 5 nitrogen and oxygen atoms in total. The number of imidazole rings is 1. The van der Waals surface area contributed by atoms with Crippen LogP contribution in [0.4, 0.5) is 0 Å². The van der Waals surface area contributed by atoms with Crippen LogP contribution in [0.25, 0.3) is 5.69 Å². The standard InChI is InChI=1S/C18H22N4O/c1-14-18(23)22-9-2-3-17(22)12-21(14)11-15-4-6-16(7-5-15)20-10-8-19-13-20/h4-8,10,13-14,17H,2-3,9,11-12H2,1H3/t14-,17-/m0/s1. The van der Waals surface area contributed by atoms with Crippen LogP contribution in [0.2, 0.25) is 0 Å². The van der Waals surface area contributed by atoms with E-state index in [0.29, 0.717) is 11.9 Å². The average Bonchev–Trinajstić information content (AvgIpc) is 3.24. The van der Waals surface area contributed by atoms with Crippen LogP contribution in [0.15, 0.2) is 43.0 Å². The van der Waals surface area contributed by atoms with Crippen LogP contribution in [0.1, 0.15) is 25.3 Å². The summed E-state index contributed by atoms with van der Waals surface area (Å²) in [5, 5.41) is 0. The Labute approximate surface area is 136 Å². The number of hydrogen-bond donors (Lipinski definition) is 0. The summed E-state index contributed by atoms with van der Waals surface area (Å²) in [6.45, 7) is 4.82. The van der Waals surface area contributed by atoms with Crippen molar-refractivity contribution in [2.24, 2.45) is 0 Å². The molecule has 2 aliphatic rings. The first-order chi connectivity index (χ1) is 11.2. The van der Waals surface area contributed by atoms with E-state index in [4.69, 9.17) is 0 Å². The van der Waals surface area contributed by atoms with E-state index in [1.807, 2.05) is 17.7 Å². The number of carbonyl (C=O) groups excluding carboxylic acids is 1. The lowest BCUT2D eigenvalue weighted by molar-refractivity contribution is -0.143. The number of amides is 1. The molecule has 1 aromatic heterocycles. The minimum Gasteiger partial charge on any atom is -0.337 e. The Kier molecular flexibility index (Phi) is 3.65. The topological polar surface area (TPSA) is 41.4 Å². The largest absolute Gasteiger partial charge is 0.337 e. The monoisotopic (exact) mass is 310 g/mol. The van der Waals surface area contributed by atoms with E-state index in [9.17, 15) is 4.79 Å². The number of fused-ring (bicyclic) bond motifs is 1. The second kappa shape index (κ2) is 5.81. The third-order valence-corrected chi connectivity index (χ3v) is 5.14. The molecule has 23 heavy (non-hydrogen) atoms. The second-order valence-corrected chi connectivity index (χ2v) is 6.57. The lowest BCUT2D eigenvalue weighted by Crippen LogP contribution is -2.58. The van der Waals surface area contributed by atoms with Crippen LogP contribution in [0, 0.1) is 0 Å². The predicted molar refractivity (Wildman–Crippen MR) is 88.2 cm³/mol. The molecule has 3 heterocycles. The van der Waals surface area contributed by atoms with Gasteiger partial charge in [-0.15, -0.1) is 0 Å². The number of benzene rings is 1. The Bertz CT molecular complexity index is 680. The molecule has 120 valence electrons. The molecule has 2 fully saturated rings. The van der Waals surface area contributed by atoms with Crippen molar-refractivity contribution in [1.29, 1.82) is 0 Å². The lowest BCUT2D eigenvalue weighted by Gasteiger charge is -2.41. The van der Waals surface area contributed by atoms with Crippen molar-refractivity contribution in [3.8, 4) is 5.69 Å². The average molecular weight is 310 g/mol. The zero-order chi connectivity index (χ0) is 15.8. The first-order valence-electron chi connectivity index (χ1n) is 8.34. The maximum absolute atomic E-state index is 12.5. The molecule has 4 rings (SSSR count). The molecule has 0 N–H and O–H groups in total. The van der Waals surface area contributed by atoms with E-state index in [-0.39, 0.29) is 6.04 Å². The zero-order valence-electron chi connectivity index (χ0n) is 13.4. The highest BCUT2D eigenvalue weighted by molar-refractivity contribution is 5.83. The third-order valence-electron chi connectivity index (χ3n) is 5.14. The fourth-order valence-corrected chi connectivity index (χ4v) is 3.76. The molecule has 5 heteroatoms. The SMILES string of the molecule is C[C@H]1C(=O)N2CCC[C@H]2CN1Cc1ccc(-n2ccnc2)cc1. The van der Waals surface area contributed by atoms with Crippen LogP contribution in [-0.4, -0.2) is 50.4 Å². The van der Waals surface area contributed by atoms with Gasteiger partial charge in [0.2, 0.25) is 5.91 Å². The van der Waals surface area contributed by atoms with E-state index in [0.717, 1.165) is 38.2 Å². The van der Waals surface area contributed by atoms with Gasteiger partial charge in [-0.3, -0.25) is 9.69 Å². The van der Waals surface area contributed by atoms with Crippen molar-refractivity contribution in [2.45, 2.75) is 38.4 Å². The number of hydrogen-bond acceptors (Lipinski definition) is 3. The summed E-state index contributed by atoms with van der Waals surface area (Å²) in [5.41, 5.74) is 2.36. The maximum atomic E-state index is 12.5. The Hall–Kier alpha value is -2.14. The number of carbonyl (C=O) groups is 1. The van der Waals surface area contributed by atoms with Crippen molar-refractivity contribution in [3.63, 3.8) is 0 Å². The lowest BCUT2D eigenvalue weighted by atomic mass is 10.1. The predicted octanol–water partition coefficient (Wildman–Crippen LogP) is 2.07. The molecule has 2 atom stereocenters. The van der Waals surface area contributed by atoms with E-state index in [2.05, 4.69) is 39.0 Å². The number of aromatic nitrogens is 2. The molecule has 0 aliphatic carbocycles. The van der Waals surface area contributed by atoms with Gasteiger partial charge in [-0.05, 0) is 37.5 Å². The Balaban J connectivity index is 1.48. The molecule has 0 radical (unpaired) electrons. The third kappa shape index (κ3) is 2.65. The Morgan fingerprint density at radius 1 is 1.26 bits per heavy atom. The molecule has 2 aromatic rings. The summed E-state index contributed by atoms with van der Waals surface area (Å²) in [6.07, 6.45) is 7.82. The Morgan fingerprint density at radius 3 is 2.83 bits per heavy atom. The van der Waals surface area contributed by atoms with E-state index in [1.54, 1.807) is 12.5 Å². The smallest absolute Gasteiger partial charge is 0.239 e. The minimum absolute atomic E-state index is 0.0160. The van der Waals surface area contributed by atoms with Crippen LogP contribution >= 0.6 is 0 Å². The Morgan fingerprint density at radius 2 is 2.09 bits per heavy atom. The quantitative estimate of drug-likeness (QED) is 0.871. The van der Waals surface area contributed by atoms with Crippen molar-refractivity contribution < 1.29 is 4.79 Å². The maximum Gasteiger partial charge on any atom is 0.239 e. The fourth-order valence-electron chi connectivity index (χ4n) is 3.76. The van der Waals surface area contributed by atoms with Crippen LogP contribution in [-0.2, 0) is 11.3 Å². The van der Waals surface area contributed by atoms with Gasteiger partial charge < -0.3 is 9.47 Å². The van der Waals surface area contributed by atoms with Crippen LogP contribution in [0.5, 0.6) is 0 Å². The summed E-state index contributed by atoms with van der Waals surface area (Å²) >= 11 is 0. The summed E-state index contributed by atoms with van der Waals surface area (Å²) < 4.78 is 1.99. The van der Waals surface area contributed by atoms with E-state index in [1.165, 1.54) is 5.56 Å². The molecule has 0 unspecified atom stereocenters. The van der Waals surface area contributed by atoms with E-state index >= 15 is 0 Å². The highest BCUT2D eigenvalue weighted by atomic mass is 16.2. The number of piperazine rings is 1. The van der Waals surface area contributed by atoms with Gasteiger partial charge in [0.1, 0.15) is 0 Å². The van der Waals surface area contributed by atoms with Crippen LogP contribution < -0.4 is 0 Å². The van der Waals surface area contributed by atoms with Crippen molar-refractivity contribution in [1.82, 2.24) is 19.4 Å². The molecule has 1 amide bonds. The molecule has 0 spiro atoms. The van der Waals surface area contributed by atoms with E-state index < -0.39 is 0 Å². The number of rotatable bonds is 3. The normalized spacial score (nSPS) is 24.9. The summed E-state index contributed by atoms with van der Waals surface area (Å²) in [6, 6.07) is 8.91. The molecular formula is C18H22N4O. The summed E-state index contributed by atoms with van der Waals surface area (Å²) in [7, 11) is 0. The molecule has 0 bridgehead atoms. The molecular weight excluding hydrogens is 288 g/mol.